The molecule has 0 unspecified atom stereocenters. The standard InChI is InChI=1S/C12H13ClN2/c13-12-3-10-6-14-4-8(10)1-2-9-5-15-7-11(9)12/h1-3,14-15H,4-7H2/b2-1-,8-1?,9-2?,10-3?,12-3+,12-11?. The first kappa shape index (κ1) is 9.40. The molecule has 0 saturated heterocycles. The fourth-order valence-electron chi connectivity index (χ4n) is 2.25. The van der Waals surface area contributed by atoms with E-state index in [-0.39, 0.29) is 0 Å². The van der Waals surface area contributed by atoms with Crippen LogP contribution in [0.15, 0.2) is 45.6 Å². The molecule has 3 heteroatoms. The average Bonchev–Trinajstić information content (AvgIpc) is 2.81. The van der Waals surface area contributed by atoms with Crippen molar-refractivity contribution in [1.29, 1.82) is 0 Å². The first-order valence-corrected chi connectivity index (χ1v) is 5.63. The molecule has 0 saturated carbocycles. The second kappa shape index (κ2) is 3.63. The zero-order valence-corrected chi connectivity index (χ0v) is 9.19. The number of hydrogen-bond acceptors (Lipinski definition) is 2. The number of halogens is 1. The van der Waals surface area contributed by atoms with Gasteiger partial charge < -0.3 is 10.6 Å². The fourth-order valence-corrected chi connectivity index (χ4v) is 2.57. The second-order valence-corrected chi connectivity index (χ2v) is 4.49. The lowest BCUT2D eigenvalue weighted by Gasteiger charge is -2.06. The van der Waals surface area contributed by atoms with Crippen LogP contribution < -0.4 is 10.6 Å². The minimum absolute atomic E-state index is 0.894. The van der Waals surface area contributed by atoms with Crippen molar-refractivity contribution in [2.24, 2.45) is 0 Å². The normalized spacial score (nSPS) is 30.6. The van der Waals surface area contributed by atoms with E-state index in [1.807, 2.05) is 0 Å². The van der Waals surface area contributed by atoms with Gasteiger partial charge in [0.05, 0.1) is 0 Å². The summed E-state index contributed by atoms with van der Waals surface area (Å²) in [6, 6.07) is 0. The summed E-state index contributed by atoms with van der Waals surface area (Å²) in [6.07, 6.45) is 6.53. The minimum atomic E-state index is 0.894. The molecule has 2 heterocycles. The van der Waals surface area contributed by atoms with Crippen molar-refractivity contribution in [3.05, 3.63) is 45.6 Å². The molecule has 0 fully saturated rings. The summed E-state index contributed by atoms with van der Waals surface area (Å²) in [5.74, 6) is 0. The van der Waals surface area contributed by atoms with E-state index in [0.717, 1.165) is 31.2 Å². The molecule has 0 radical (unpaired) electrons. The van der Waals surface area contributed by atoms with Crippen molar-refractivity contribution < 1.29 is 0 Å². The SMILES string of the molecule is Cl/C1=C/C2=C(/C=C\C3=C1CNC3)CNC2. The van der Waals surface area contributed by atoms with E-state index in [4.69, 9.17) is 11.6 Å². The number of rotatable bonds is 0. The average molecular weight is 221 g/mol. The van der Waals surface area contributed by atoms with Crippen LogP contribution in [0, 0.1) is 0 Å². The van der Waals surface area contributed by atoms with Crippen LogP contribution in [0.1, 0.15) is 0 Å². The number of nitrogens with one attached hydrogen (secondary N) is 2. The molecule has 0 aromatic rings. The summed E-state index contributed by atoms with van der Waals surface area (Å²) in [6.45, 7) is 3.73. The van der Waals surface area contributed by atoms with Crippen molar-refractivity contribution in [3.63, 3.8) is 0 Å². The van der Waals surface area contributed by atoms with Crippen LogP contribution in [-0.2, 0) is 0 Å². The lowest BCUT2D eigenvalue weighted by atomic mass is 10.0. The Bertz CT molecular complexity index is 427. The first-order valence-electron chi connectivity index (χ1n) is 5.26. The molecule has 0 bridgehead atoms. The molecule has 3 rings (SSSR count). The van der Waals surface area contributed by atoms with Gasteiger partial charge in [-0.05, 0) is 28.4 Å². The molecule has 0 aromatic heterocycles. The summed E-state index contributed by atoms with van der Waals surface area (Å²) in [7, 11) is 0. The lowest BCUT2D eigenvalue weighted by molar-refractivity contribution is 0.868. The van der Waals surface area contributed by atoms with Crippen molar-refractivity contribution in [3.8, 4) is 0 Å². The molecule has 3 aliphatic rings. The van der Waals surface area contributed by atoms with Crippen LogP contribution in [0.25, 0.3) is 0 Å². The molecule has 0 atom stereocenters. The van der Waals surface area contributed by atoms with Gasteiger partial charge in [0.1, 0.15) is 0 Å². The van der Waals surface area contributed by atoms with Crippen LogP contribution in [0.4, 0.5) is 0 Å². The predicted molar refractivity (Wildman–Crippen MR) is 62.9 cm³/mol. The Balaban J connectivity index is 2.07. The fraction of sp³-hybridized carbons (Fsp3) is 0.333. The zero-order valence-electron chi connectivity index (χ0n) is 8.44. The summed E-state index contributed by atoms with van der Waals surface area (Å²) in [5, 5.41) is 7.57. The molecule has 78 valence electrons. The molecule has 2 N–H and O–H groups in total. The summed E-state index contributed by atoms with van der Waals surface area (Å²) >= 11 is 6.33. The molecule has 0 spiro atoms. The molecular weight excluding hydrogens is 208 g/mol. The third-order valence-electron chi connectivity index (χ3n) is 3.12. The third kappa shape index (κ3) is 1.59. The van der Waals surface area contributed by atoms with E-state index < -0.39 is 0 Å². The van der Waals surface area contributed by atoms with Crippen molar-refractivity contribution >= 4 is 11.6 Å². The van der Waals surface area contributed by atoms with Crippen molar-refractivity contribution in [2.75, 3.05) is 26.2 Å². The highest BCUT2D eigenvalue weighted by molar-refractivity contribution is 6.32. The molecule has 2 nitrogen and oxygen atoms in total. The van der Waals surface area contributed by atoms with Crippen LogP contribution in [0.5, 0.6) is 0 Å². The molecule has 0 amide bonds. The van der Waals surface area contributed by atoms with Gasteiger partial charge in [0, 0.05) is 31.2 Å². The molecule has 15 heavy (non-hydrogen) atoms. The Hall–Kier alpha value is -0.830. The van der Waals surface area contributed by atoms with Gasteiger partial charge in [-0.25, -0.2) is 0 Å². The highest BCUT2D eigenvalue weighted by Gasteiger charge is 2.19. The third-order valence-corrected chi connectivity index (χ3v) is 3.46. The maximum atomic E-state index is 6.33. The van der Waals surface area contributed by atoms with Gasteiger partial charge in [-0.3, -0.25) is 0 Å². The maximum absolute atomic E-state index is 6.33. The van der Waals surface area contributed by atoms with Gasteiger partial charge in [-0.15, -0.1) is 0 Å². The molecular formula is C12H13ClN2. The Morgan fingerprint density at radius 1 is 0.867 bits per heavy atom. The van der Waals surface area contributed by atoms with E-state index in [0.29, 0.717) is 0 Å². The topological polar surface area (TPSA) is 24.1 Å². The quantitative estimate of drug-likeness (QED) is 0.646. The predicted octanol–water partition coefficient (Wildman–Crippen LogP) is 1.48. The Labute approximate surface area is 94.4 Å². The second-order valence-electron chi connectivity index (χ2n) is 4.09. The van der Waals surface area contributed by atoms with Crippen LogP contribution in [-0.4, -0.2) is 26.2 Å². The Morgan fingerprint density at radius 3 is 2.47 bits per heavy atom. The molecule has 2 aliphatic heterocycles. The maximum Gasteiger partial charge on any atom is 0.0457 e. The van der Waals surface area contributed by atoms with Crippen molar-refractivity contribution in [2.45, 2.75) is 0 Å². The van der Waals surface area contributed by atoms with E-state index in [2.05, 4.69) is 28.9 Å². The summed E-state index contributed by atoms with van der Waals surface area (Å²) in [4.78, 5) is 0. The van der Waals surface area contributed by atoms with Gasteiger partial charge in [0.2, 0.25) is 0 Å². The van der Waals surface area contributed by atoms with Crippen molar-refractivity contribution in [1.82, 2.24) is 10.6 Å². The largest absolute Gasteiger partial charge is 0.309 e. The smallest absolute Gasteiger partial charge is 0.0457 e. The van der Waals surface area contributed by atoms with Gasteiger partial charge in [-0.2, -0.15) is 0 Å². The molecule has 0 aromatic carbocycles. The zero-order chi connectivity index (χ0) is 10.3. The van der Waals surface area contributed by atoms with Gasteiger partial charge in [0.15, 0.2) is 0 Å². The Kier molecular flexibility index (Phi) is 2.28. The minimum Gasteiger partial charge on any atom is -0.309 e. The highest BCUT2D eigenvalue weighted by atomic mass is 35.5. The number of hydrogen-bond donors (Lipinski definition) is 2. The van der Waals surface area contributed by atoms with E-state index >= 15 is 0 Å². The van der Waals surface area contributed by atoms with Gasteiger partial charge >= 0.3 is 0 Å². The van der Waals surface area contributed by atoms with Crippen LogP contribution in [0.3, 0.4) is 0 Å². The lowest BCUT2D eigenvalue weighted by Crippen LogP contribution is -2.09. The monoisotopic (exact) mass is 220 g/mol. The van der Waals surface area contributed by atoms with E-state index in [9.17, 15) is 0 Å². The first-order chi connectivity index (χ1) is 7.34. The van der Waals surface area contributed by atoms with Gasteiger partial charge in [-0.1, -0.05) is 23.8 Å². The van der Waals surface area contributed by atoms with Crippen LogP contribution in [0.2, 0.25) is 0 Å². The van der Waals surface area contributed by atoms with E-state index in [1.54, 1.807) is 0 Å². The van der Waals surface area contributed by atoms with Crippen LogP contribution >= 0.6 is 11.6 Å². The Morgan fingerprint density at radius 2 is 1.53 bits per heavy atom. The van der Waals surface area contributed by atoms with E-state index in [1.165, 1.54) is 22.3 Å². The summed E-state index contributed by atoms with van der Waals surface area (Å²) in [5.41, 5.74) is 5.28. The molecule has 1 aliphatic carbocycles. The van der Waals surface area contributed by atoms with Gasteiger partial charge in [0.25, 0.3) is 0 Å². The highest BCUT2D eigenvalue weighted by Crippen LogP contribution is 2.28. The summed E-state index contributed by atoms with van der Waals surface area (Å²) < 4.78 is 0.